The fourth-order valence-electron chi connectivity index (χ4n) is 6.69. The molecule has 4 nitrogen and oxygen atoms in total. The van der Waals surface area contributed by atoms with E-state index in [-0.39, 0.29) is 11.8 Å². The lowest BCUT2D eigenvalue weighted by Gasteiger charge is -2.39. The highest BCUT2D eigenvalue weighted by molar-refractivity contribution is 6.03. The monoisotopic (exact) mass is 680 g/mol. The summed E-state index contributed by atoms with van der Waals surface area (Å²) < 4.78 is 42.9. The van der Waals surface area contributed by atoms with Crippen LogP contribution in [-0.2, 0) is 6.18 Å². The second-order valence-corrected chi connectivity index (χ2v) is 14.6. The summed E-state index contributed by atoms with van der Waals surface area (Å²) >= 11 is 0. The third kappa shape index (κ3) is 8.31. The van der Waals surface area contributed by atoms with Gasteiger partial charge in [0.25, 0.3) is 0 Å². The molecule has 0 aromatic heterocycles. The van der Waals surface area contributed by atoms with E-state index in [4.69, 9.17) is 9.98 Å². The van der Waals surface area contributed by atoms with Crippen LogP contribution in [0.2, 0.25) is 0 Å². The average Bonchev–Trinajstić information content (AvgIpc) is 3.06. The molecule has 0 saturated carbocycles. The van der Waals surface area contributed by atoms with E-state index in [1.807, 2.05) is 30.3 Å². The Morgan fingerprint density at radius 1 is 0.620 bits per heavy atom. The van der Waals surface area contributed by atoms with Gasteiger partial charge in [-0.05, 0) is 96.5 Å². The van der Waals surface area contributed by atoms with E-state index in [0.29, 0.717) is 36.1 Å². The number of halogens is 3. The van der Waals surface area contributed by atoms with Gasteiger partial charge in [-0.25, -0.2) is 9.98 Å². The van der Waals surface area contributed by atoms with Gasteiger partial charge in [0.05, 0.1) is 23.6 Å². The summed E-state index contributed by atoms with van der Waals surface area (Å²) in [5.41, 5.74) is 8.74. The Kier molecular flexibility index (Phi) is 11.2. The lowest BCUT2D eigenvalue weighted by atomic mass is 9.87. The van der Waals surface area contributed by atoms with E-state index in [1.165, 1.54) is 17.7 Å². The van der Waals surface area contributed by atoms with Crippen molar-refractivity contribution in [1.29, 1.82) is 0 Å². The number of amidine groups is 2. The van der Waals surface area contributed by atoms with E-state index < -0.39 is 11.7 Å². The van der Waals surface area contributed by atoms with E-state index in [9.17, 15) is 13.2 Å². The average molecular weight is 681 g/mol. The number of alkyl halides is 3. The molecule has 0 spiro atoms. The van der Waals surface area contributed by atoms with Crippen molar-refractivity contribution in [3.8, 4) is 0 Å². The van der Waals surface area contributed by atoms with Crippen molar-refractivity contribution >= 4 is 23.0 Å². The predicted octanol–water partition coefficient (Wildman–Crippen LogP) is 11.8. The molecule has 1 aliphatic rings. The molecule has 1 saturated heterocycles. The maximum absolute atomic E-state index is 14.3. The van der Waals surface area contributed by atoms with Crippen LogP contribution in [0.1, 0.15) is 116 Å². The SMILES string of the molecule is Cc1cc(C(=Nc2c(C(C)C)cc(C(C)C)cc2C(C)C)N2CCCN(C(=Nc3c(C)cccc3C)c3ccccc3)C2)cc(C(F)(F)F)c1. The first-order valence-corrected chi connectivity index (χ1v) is 17.8. The minimum atomic E-state index is -4.48. The van der Waals surface area contributed by atoms with Crippen LogP contribution < -0.4 is 0 Å². The zero-order valence-electron chi connectivity index (χ0n) is 31.0. The molecule has 0 aliphatic carbocycles. The van der Waals surface area contributed by atoms with Crippen molar-refractivity contribution in [2.75, 3.05) is 19.8 Å². The van der Waals surface area contributed by atoms with Crippen LogP contribution in [0.15, 0.2) is 88.8 Å². The molecule has 50 heavy (non-hydrogen) atoms. The third-order valence-electron chi connectivity index (χ3n) is 9.47. The quantitative estimate of drug-likeness (QED) is 0.144. The van der Waals surface area contributed by atoms with Gasteiger partial charge in [0, 0.05) is 24.2 Å². The standard InChI is InChI=1S/C43H51F3N4/c1-27(2)34-24-37(28(3)4)40(38(25-34)29(5)6)48-42(35-21-30(7)22-36(23-35)43(44,45)46)50-20-14-19-49(26-50)41(33-17-11-10-12-18-33)47-39-31(8)15-13-16-32(39)9/h10-13,15-18,21-25,27-29H,14,19-20,26H2,1-9H3. The van der Waals surface area contributed by atoms with Crippen molar-refractivity contribution in [3.05, 3.63) is 129 Å². The summed E-state index contributed by atoms with van der Waals surface area (Å²) in [7, 11) is 0. The molecule has 5 rings (SSSR count). The molecule has 4 aromatic rings. The van der Waals surface area contributed by atoms with Crippen molar-refractivity contribution < 1.29 is 13.2 Å². The van der Waals surface area contributed by atoms with Gasteiger partial charge in [-0.1, -0.05) is 102 Å². The molecule has 1 aliphatic heterocycles. The molecule has 0 radical (unpaired) electrons. The summed E-state index contributed by atoms with van der Waals surface area (Å²) in [6.07, 6.45) is -3.70. The molecular formula is C43H51F3N4. The first kappa shape index (κ1) is 36.9. The Balaban J connectivity index is 1.73. The third-order valence-corrected chi connectivity index (χ3v) is 9.47. The highest BCUT2D eigenvalue weighted by Gasteiger charge is 2.33. The number of aliphatic imine (C=N–C) groups is 2. The van der Waals surface area contributed by atoms with Gasteiger partial charge >= 0.3 is 6.18 Å². The normalized spacial score (nSPS) is 14.8. The highest BCUT2D eigenvalue weighted by Crippen LogP contribution is 2.39. The van der Waals surface area contributed by atoms with Gasteiger partial charge in [0.15, 0.2) is 0 Å². The second kappa shape index (κ2) is 15.2. The fourth-order valence-corrected chi connectivity index (χ4v) is 6.69. The van der Waals surface area contributed by atoms with Crippen LogP contribution in [0.25, 0.3) is 0 Å². The molecule has 1 heterocycles. The predicted molar refractivity (Wildman–Crippen MR) is 203 cm³/mol. The topological polar surface area (TPSA) is 31.2 Å². The molecule has 4 aromatic carbocycles. The molecule has 0 unspecified atom stereocenters. The molecule has 0 N–H and O–H groups in total. The highest BCUT2D eigenvalue weighted by atomic mass is 19.4. The Morgan fingerprint density at radius 3 is 1.68 bits per heavy atom. The maximum Gasteiger partial charge on any atom is 0.416 e. The van der Waals surface area contributed by atoms with Crippen molar-refractivity contribution in [2.24, 2.45) is 9.98 Å². The van der Waals surface area contributed by atoms with Crippen molar-refractivity contribution in [2.45, 2.75) is 92.7 Å². The van der Waals surface area contributed by atoms with Crippen molar-refractivity contribution in [3.63, 3.8) is 0 Å². The summed E-state index contributed by atoms with van der Waals surface area (Å²) in [6, 6.07) is 25.1. The molecular weight excluding hydrogens is 629 g/mol. The van der Waals surface area contributed by atoms with Gasteiger partial charge in [0.2, 0.25) is 0 Å². The van der Waals surface area contributed by atoms with Gasteiger partial charge in [0.1, 0.15) is 11.7 Å². The maximum atomic E-state index is 14.3. The first-order valence-electron chi connectivity index (χ1n) is 17.8. The van der Waals surface area contributed by atoms with Crippen LogP contribution in [0.4, 0.5) is 24.5 Å². The van der Waals surface area contributed by atoms with Crippen molar-refractivity contribution in [1.82, 2.24) is 9.80 Å². The van der Waals surface area contributed by atoms with Crippen LogP contribution in [0.5, 0.6) is 0 Å². The summed E-state index contributed by atoms with van der Waals surface area (Å²) in [4.78, 5) is 15.1. The number of aryl methyl sites for hydroxylation is 3. The zero-order chi connectivity index (χ0) is 36.3. The van der Waals surface area contributed by atoms with Gasteiger partial charge in [-0.3, -0.25) is 0 Å². The number of hydrogen-bond donors (Lipinski definition) is 0. The number of hydrogen-bond acceptors (Lipinski definition) is 2. The summed E-state index contributed by atoms with van der Waals surface area (Å²) in [6.45, 7) is 20.7. The number of rotatable bonds is 7. The minimum Gasteiger partial charge on any atom is -0.338 e. The molecule has 0 bridgehead atoms. The van der Waals surface area contributed by atoms with Gasteiger partial charge in [-0.15, -0.1) is 0 Å². The number of benzene rings is 4. The van der Waals surface area contributed by atoms with E-state index >= 15 is 0 Å². The van der Waals surface area contributed by atoms with Gasteiger partial charge in [-0.2, -0.15) is 13.2 Å². The lowest BCUT2D eigenvalue weighted by Crippen LogP contribution is -2.50. The Bertz CT molecular complexity index is 1820. The first-order chi connectivity index (χ1) is 23.6. The molecule has 0 amide bonds. The van der Waals surface area contributed by atoms with Crippen LogP contribution in [-0.4, -0.2) is 41.2 Å². The molecule has 7 heteroatoms. The molecule has 1 fully saturated rings. The number of para-hydroxylation sites is 1. The largest absolute Gasteiger partial charge is 0.416 e. The van der Waals surface area contributed by atoms with Crippen LogP contribution >= 0.6 is 0 Å². The van der Waals surface area contributed by atoms with Gasteiger partial charge < -0.3 is 9.80 Å². The van der Waals surface area contributed by atoms with E-state index in [2.05, 4.69) is 102 Å². The molecule has 264 valence electrons. The Labute approximate surface area is 296 Å². The summed E-state index contributed by atoms with van der Waals surface area (Å²) in [5, 5.41) is 0. The van der Waals surface area contributed by atoms with Crippen LogP contribution in [0.3, 0.4) is 0 Å². The van der Waals surface area contributed by atoms with E-state index in [1.54, 1.807) is 6.92 Å². The van der Waals surface area contributed by atoms with E-state index in [0.717, 1.165) is 58.0 Å². The smallest absolute Gasteiger partial charge is 0.338 e. The summed E-state index contributed by atoms with van der Waals surface area (Å²) in [5.74, 6) is 2.04. The minimum absolute atomic E-state index is 0.168. The Morgan fingerprint density at radius 2 is 1.16 bits per heavy atom. The fraction of sp³-hybridized carbons (Fsp3) is 0.395. The molecule has 0 atom stereocenters. The Hall–Kier alpha value is -4.39. The lowest BCUT2D eigenvalue weighted by molar-refractivity contribution is -0.137. The number of nitrogens with zero attached hydrogens (tertiary/aromatic N) is 4. The van der Waals surface area contributed by atoms with Crippen LogP contribution in [0, 0.1) is 20.8 Å². The second-order valence-electron chi connectivity index (χ2n) is 14.6. The zero-order valence-corrected chi connectivity index (χ0v) is 31.0.